The van der Waals surface area contributed by atoms with Crippen LogP contribution in [0.25, 0.3) is 0 Å². The number of hydrogen-bond donors (Lipinski definition) is 1. The molecule has 0 unspecified atom stereocenters. The Labute approximate surface area is 139 Å². The summed E-state index contributed by atoms with van der Waals surface area (Å²) < 4.78 is 5.56. The minimum absolute atomic E-state index is 0.0434. The van der Waals surface area contributed by atoms with Gasteiger partial charge >= 0.3 is 0 Å². The molecule has 2 aliphatic rings. The van der Waals surface area contributed by atoms with E-state index in [1.165, 1.54) is 37.7 Å². The van der Waals surface area contributed by atoms with E-state index >= 15 is 0 Å². The van der Waals surface area contributed by atoms with E-state index in [4.69, 9.17) is 4.74 Å². The van der Waals surface area contributed by atoms with Gasteiger partial charge in [-0.25, -0.2) is 0 Å². The number of hydrogen-bond acceptors (Lipinski definition) is 2. The highest BCUT2D eigenvalue weighted by atomic mass is 16.5. The van der Waals surface area contributed by atoms with Crippen molar-refractivity contribution in [3.63, 3.8) is 0 Å². The van der Waals surface area contributed by atoms with Crippen LogP contribution in [-0.2, 0) is 14.9 Å². The standard InChI is InChI=1S/C20H29NO2/c22-19(15-17-7-3-1-4-8-17)21-16-20(11-13-23-14-12-20)18-9-5-2-6-10-18/h2,5-6,9-10,17H,1,3-4,7-8,11-16H2,(H,21,22). The average molecular weight is 315 g/mol. The Hall–Kier alpha value is -1.35. The lowest BCUT2D eigenvalue weighted by atomic mass is 9.74. The Bertz CT molecular complexity index is 488. The fraction of sp³-hybridized carbons (Fsp3) is 0.650. The van der Waals surface area contributed by atoms with Gasteiger partial charge in [0, 0.05) is 31.6 Å². The fourth-order valence-corrected chi connectivity index (χ4v) is 4.11. The number of nitrogens with one attached hydrogen (secondary N) is 1. The molecule has 1 aromatic carbocycles. The maximum absolute atomic E-state index is 12.4. The minimum atomic E-state index is 0.0434. The Morgan fingerprint density at radius 2 is 1.78 bits per heavy atom. The van der Waals surface area contributed by atoms with Gasteiger partial charge < -0.3 is 10.1 Å². The first-order valence-corrected chi connectivity index (χ1v) is 9.18. The summed E-state index contributed by atoms with van der Waals surface area (Å²) >= 11 is 0. The van der Waals surface area contributed by atoms with Crippen molar-refractivity contribution in [3.8, 4) is 0 Å². The van der Waals surface area contributed by atoms with Crippen LogP contribution in [0, 0.1) is 5.92 Å². The van der Waals surface area contributed by atoms with E-state index in [1.54, 1.807) is 0 Å². The van der Waals surface area contributed by atoms with Gasteiger partial charge in [0.1, 0.15) is 0 Å². The summed E-state index contributed by atoms with van der Waals surface area (Å²) in [4.78, 5) is 12.4. The van der Waals surface area contributed by atoms with E-state index < -0.39 is 0 Å². The van der Waals surface area contributed by atoms with Crippen LogP contribution >= 0.6 is 0 Å². The van der Waals surface area contributed by atoms with Crippen LogP contribution in [0.4, 0.5) is 0 Å². The maximum Gasteiger partial charge on any atom is 0.220 e. The summed E-state index contributed by atoms with van der Waals surface area (Å²) in [7, 11) is 0. The first-order chi connectivity index (χ1) is 11.3. The number of rotatable bonds is 5. The lowest BCUT2D eigenvalue weighted by Gasteiger charge is -2.38. The average Bonchev–Trinajstić information content (AvgIpc) is 2.62. The van der Waals surface area contributed by atoms with Crippen molar-refractivity contribution in [2.75, 3.05) is 19.8 Å². The molecule has 1 aliphatic carbocycles. The quantitative estimate of drug-likeness (QED) is 0.897. The van der Waals surface area contributed by atoms with Gasteiger partial charge in [-0.05, 0) is 37.2 Å². The number of amides is 1. The van der Waals surface area contributed by atoms with Gasteiger partial charge in [-0.2, -0.15) is 0 Å². The Morgan fingerprint density at radius 1 is 1.09 bits per heavy atom. The van der Waals surface area contributed by atoms with E-state index in [2.05, 4.69) is 35.6 Å². The molecule has 3 nitrogen and oxygen atoms in total. The predicted molar refractivity (Wildman–Crippen MR) is 92.4 cm³/mol. The first kappa shape index (κ1) is 16.5. The van der Waals surface area contributed by atoms with Crippen LogP contribution in [0.15, 0.2) is 30.3 Å². The van der Waals surface area contributed by atoms with Crippen molar-refractivity contribution in [2.24, 2.45) is 5.92 Å². The molecule has 1 amide bonds. The molecule has 1 heterocycles. The maximum atomic E-state index is 12.4. The van der Waals surface area contributed by atoms with Crippen molar-refractivity contribution >= 4 is 5.91 Å². The SMILES string of the molecule is O=C(CC1CCCCC1)NCC1(c2ccccc2)CCOCC1. The van der Waals surface area contributed by atoms with Gasteiger partial charge in [-0.1, -0.05) is 49.6 Å². The summed E-state index contributed by atoms with van der Waals surface area (Å²) in [6.45, 7) is 2.31. The molecule has 1 saturated heterocycles. The Balaban J connectivity index is 1.59. The topological polar surface area (TPSA) is 38.3 Å². The molecule has 1 saturated carbocycles. The van der Waals surface area contributed by atoms with E-state index in [1.807, 2.05) is 0 Å². The van der Waals surface area contributed by atoms with Crippen molar-refractivity contribution in [3.05, 3.63) is 35.9 Å². The number of carbonyl (C=O) groups is 1. The number of ether oxygens (including phenoxy) is 1. The normalized spacial score (nSPS) is 21.7. The summed E-state index contributed by atoms with van der Waals surface area (Å²) in [5, 5.41) is 3.24. The van der Waals surface area contributed by atoms with E-state index in [0.717, 1.165) is 32.6 Å². The molecule has 126 valence electrons. The first-order valence-electron chi connectivity index (χ1n) is 9.18. The second kappa shape index (κ2) is 7.96. The van der Waals surface area contributed by atoms with E-state index in [9.17, 15) is 4.79 Å². The van der Waals surface area contributed by atoms with Crippen LogP contribution in [0.1, 0.15) is 56.9 Å². The molecule has 0 bridgehead atoms. The lowest BCUT2D eigenvalue weighted by Crippen LogP contribution is -2.44. The second-order valence-electron chi connectivity index (χ2n) is 7.24. The van der Waals surface area contributed by atoms with Gasteiger partial charge in [0.05, 0.1) is 0 Å². The molecule has 0 aromatic heterocycles. The van der Waals surface area contributed by atoms with Gasteiger partial charge in [0.25, 0.3) is 0 Å². The van der Waals surface area contributed by atoms with E-state index in [0.29, 0.717) is 12.3 Å². The molecule has 1 aliphatic heterocycles. The number of benzene rings is 1. The van der Waals surface area contributed by atoms with Crippen molar-refractivity contribution in [1.29, 1.82) is 0 Å². The third kappa shape index (κ3) is 4.35. The second-order valence-corrected chi connectivity index (χ2v) is 7.24. The molecule has 23 heavy (non-hydrogen) atoms. The largest absolute Gasteiger partial charge is 0.381 e. The van der Waals surface area contributed by atoms with Crippen LogP contribution in [0.3, 0.4) is 0 Å². The Kier molecular flexibility index (Phi) is 5.71. The molecule has 0 radical (unpaired) electrons. The van der Waals surface area contributed by atoms with Crippen LogP contribution in [-0.4, -0.2) is 25.7 Å². The van der Waals surface area contributed by atoms with Gasteiger partial charge in [-0.3, -0.25) is 4.79 Å². The molecule has 1 N–H and O–H groups in total. The molecule has 0 atom stereocenters. The van der Waals surface area contributed by atoms with Crippen LogP contribution in [0.2, 0.25) is 0 Å². The molecule has 2 fully saturated rings. The van der Waals surface area contributed by atoms with Gasteiger partial charge in [-0.15, -0.1) is 0 Å². The zero-order valence-electron chi connectivity index (χ0n) is 14.1. The molecule has 3 rings (SSSR count). The van der Waals surface area contributed by atoms with Crippen molar-refractivity contribution < 1.29 is 9.53 Å². The summed E-state index contributed by atoms with van der Waals surface area (Å²) in [5.41, 5.74) is 1.38. The molecule has 1 aromatic rings. The van der Waals surface area contributed by atoms with Crippen LogP contribution in [0.5, 0.6) is 0 Å². The predicted octanol–water partition coefficient (Wildman–Crippen LogP) is 3.82. The molecular weight excluding hydrogens is 286 g/mol. The minimum Gasteiger partial charge on any atom is -0.381 e. The van der Waals surface area contributed by atoms with Crippen LogP contribution < -0.4 is 5.32 Å². The number of carbonyl (C=O) groups excluding carboxylic acids is 1. The highest BCUT2D eigenvalue weighted by Crippen LogP contribution is 2.34. The molecular formula is C20H29NO2. The summed E-state index contributed by atoms with van der Waals surface area (Å²) in [6.07, 6.45) is 9.07. The third-order valence-electron chi connectivity index (χ3n) is 5.66. The third-order valence-corrected chi connectivity index (χ3v) is 5.66. The monoisotopic (exact) mass is 315 g/mol. The lowest BCUT2D eigenvalue weighted by molar-refractivity contribution is -0.122. The Morgan fingerprint density at radius 3 is 2.48 bits per heavy atom. The highest BCUT2D eigenvalue weighted by molar-refractivity contribution is 5.76. The summed E-state index contributed by atoms with van der Waals surface area (Å²) in [5.74, 6) is 0.838. The smallest absolute Gasteiger partial charge is 0.220 e. The zero-order chi connectivity index (χ0) is 16.0. The fourth-order valence-electron chi connectivity index (χ4n) is 4.11. The highest BCUT2D eigenvalue weighted by Gasteiger charge is 2.34. The van der Waals surface area contributed by atoms with Gasteiger partial charge in [0.2, 0.25) is 5.91 Å². The summed E-state index contributed by atoms with van der Waals surface area (Å²) in [6, 6.07) is 10.6. The molecule has 3 heteroatoms. The van der Waals surface area contributed by atoms with E-state index in [-0.39, 0.29) is 11.3 Å². The molecule has 0 spiro atoms. The van der Waals surface area contributed by atoms with Gasteiger partial charge in [0.15, 0.2) is 0 Å². The van der Waals surface area contributed by atoms with Crippen molar-refractivity contribution in [1.82, 2.24) is 5.32 Å². The van der Waals surface area contributed by atoms with Crippen molar-refractivity contribution in [2.45, 2.75) is 56.8 Å². The zero-order valence-corrected chi connectivity index (χ0v) is 14.1.